The Labute approximate surface area is 134 Å². The molecule has 0 saturated carbocycles. The second-order valence-corrected chi connectivity index (χ2v) is 6.19. The molecule has 0 amide bonds. The SMILES string of the molecule is CSc1ccc(NCCCCCCNCCCCN)cc1. The van der Waals surface area contributed by atoms with Crippen molar-refractivity contribution >= 4 is 17.4 Å². The number of hydrogen-bond acceptors (Lipinski definition) is 4. The lowest BCUT2D eigenvalue weighted by atomic mass is 10.2. The van der Waals surface area contributed by atoms with Crippen LogP contribution >= 0.6 is 11.8 Å². The van der Waals surface area contributed by atoms with Gasteiger partial charge < -0.3 is 16.4 Å². The zero-order valence-corrected chi connectivity index (χ0v) is 14.2. The molecule has 0 radical (unpaired) electrons. The minimum absolute atomic E-state index is 0.814. The molecule has 0 aliphatic rings. The lowest BCUT2D eigenvalue weighted by molar-refractivity contribution is 0.574. The minimum atomic E-state index is 0.814. The summed E-state index contributed by atoms with van der Waals surface area (Å²) in [6.45, 7) is 4.15. The summed E-state index contributed by atoms with van der Waals surface area (Å²) in [6.07, 6.45) is 9.60. The molecule has 1 rings (SSSR count). The molecule has 4 heteroatoms. The molecule has 21 heavy (non-hydrogen) atoms. The van der Waals surface area contributed by atoms with E-state index in [9.17, 15) is 0 Å². The number of nitrogens with two attached hydrogens (primary N) is 1. The summed E-state index contributed by atoms with van der Waals surface area (Å²) in [5.41, 5.74) is 6.69. The molecule has 0 aromatic heterocycles. The predicted molar refractivity (Wildman–Crippen MR) is 96.3 cm³/mol. The first kappa shape index (κ1) is 18.3. The van der Waals surface area contributed by atoms with E-state index in [0.29, 0.717) is 0 Å². The van der Waals surface area contributed by atoms with E-state index in [1.54, 1.807) is 11.8 Å². The maximum Gasteiger partial charge on any atom is 0.0340 e. The van der Waals surface area contributed by atoms with Gasteiger partial charge in [-0.25, -0.2) is 0 Å². The molecule has 0 saturated heterocycles. The monoisotopic (exact) mass is 309 g/mol. The van der Waals surface area contributed by atoms with Crippen LogP contribution in [0.5, 0.6) is 0 Å². The third kappa shape index (κ3) is 9.77. The van der Waals surface area contributed by atoms with Crippen molar-refractivity contribution in [3.63, 3.8) is 0 Å². The fourth-order valence-electron chi connectivity index (χ4n) is 2.19. The van der Waals surface area contributed by atoms with Crippen molar-refractivity contribution in [2.45, 2.75) is 43.4 Å². The molecule has 4 N–H and O–H groups in total. The van der Waals surface area contributed by atoms with Gasteiger partial charge in [0.1, 0.15) is 0 Å². The Bertz CT molecular complexity index is 340. The Morgan fingerprint density at radius 3 is 2.10 bits per heavy atom. The lowest BCUT2D eigenvalue weighted by Crippen LogP contribution is -2.17. The van der Waals surface area contributed by atoms with E-state index < -0.39 is 0 Å². The highest BCUT2D eigenvalue weighted by Crippen LogP contribution is 2.17. The van der Waals surface area contributed by atoms with E-state index in [0.717, 1.165) is 32.6 Å². The maximum absolute atomic E-state index is 5.46. The van der Waals surface area contributed by atoms with Crippen molar-refractivity contribution in [1.82, 2.24) is 5.32 Å². The van der Waals surface area contributed by atoms with E-state index in [1.165, 1.54) is 42.7 Å². The van der Waals surface area contributed by atoms with Crippen LogP contribution in [0.15, 0.2) is 29.2 Å². The van der Waals surface area contributed by atoms with E-state index in [1.807, 2.05) is 0 Å². The van der Waals surface area contributed by atoms with Crippen molar-refractivity contribution in [2.75, 3.05) is 37.8 Å². The molecule has 3 nitrogen and oxygen atoms in total. The van der Waals surface area contributed by atoms with Crippen LogP contribution < -0.4 is 16.4 Å². The van der Waals surface area contributed by atoms with Crippen LogP contribution in [0, 0.1) is 0 Å². The van der Waals surface area contributed by atoms with Gasteiger partial charge in [0.25, 0.3) is 0 Å². The first-order valence-corrected chi connectivity index (χ1v) is 9.38. The van der Waals surface area contributed by atoms with Crippen molar-refractivity contribution < 1.29 is 0 Å². The highest BCUT2D eigenvalue weighted by molar-refractivity contribution is 7.98. The van der Waals surface area contributed by atoms with E-state index in [4.69, 9.17) is 5.73 Å². The number of rotatable bonds is 13. The molecule has 0 atom stereocenters. The highest BCUT2D eigenvalue weighted by atomic mass is 32.2. The number of thioether (sulfide) groups is 1. The Balaban J connectivity index is 1.88. The molecule has 1 aromatic rings. The highest BCUT2D eigenvalue weighted by Gasteiger charge is 1.94. The number of anilines is 1. The second kappa shape index (κ2) is 13.0. The Hall–Kier alpha value is -0.710. The van der Waals surface area contributed by atoms with Gasteiger partial charge >= 0.3 is 0 Å². The summed E-state index contributed by atoms with van der Waals surface area (Å²) < 4.78 is 0. The summed E-state index contributed by atoms with van der Waals surface area (Å²) in [5, 5.41) is 6.96. The van der Waals surface area contributed by atoms with Crippen molar-refractivity contribution in [1.29, 1.82) is 0 Å². The quantitative estimate of drug-likeness (QED) is 0.384. The van der Waals surface area contributed by atoms with Crippen LogP contribution in [0.25, 0.3) is 0 Å². The predicted octanol–water partition coefficient (Wildman–Crippen LogP) is 3.71. The second-order valence-electron chi connectivity index (χ2n) is 5.32. The molecule has 0 aliphatic heterocycles. The fraction of sp³-hybridized carbons (Fsp3) is 0.647. The molecular weight excluding hydrogens is 278 g/mol. The normalized spacial score (nSPS) is 10.8. The zero-order valence-electron chi connectivity index (χ0n) is 13.4. The molecule has 0 fully saturated rings. The molecule has 0 spiro atoms. The van der Waals surface area contributed by atoms with Gasteiger partial charge in [-0.3, -0.25) is 0 Å². The molecular formula is C17H31N3S. The smallest absolute Gasteiger partial charge is 0.0340 e. The van der Waals surface area contributed by atoms with Gasteiger partial charge in [-0.1, -0.05) is 12.8 Å². The lowest BCUT2D eigenvalue weighted by Gasteiger charge is -2.07. The third-order valence-electron chi connectivity index (χ3n) is 3.51. The standard InChI is InChI=1S/C17H31N3S/c1-21-17-10-8-16(9-11-17)20-15-6-3-2-5-13-19-14-7-4-12-18/h8-11,19-20H,2-7,12-15,18H2,1H3. The summed E-state index contributed by atoms with van der Waals surface area (Å²) >= 11 is 1.78. The van der Waals surface area contributed by atoms with Gasteiger partial charge in [0.15, 0.2) is 0 Å². The van der Waals surface area contributed by atoms with Crippen LogP contribution in [0.4, 0.5) is 5.69 Å². The zero-order chi connectivity index (χ0) is 15.2. The maximum atomic E-state index is 5.46. The number of benzene rings is 1. The third-order valence-corrected chi connectivity index (χ3v) is 4.25. The first-order chi connectivity index (χ1) is 10.4. The summed E-state index contributed by atoms with van der Waals surface area (Å²) in [7, 11) is 0. The van der Waals surface area contributed by atoms with Crippen LogP contribution in [0.1, 0.15) is 38.5 Å². The van der Waals surface area contributed by atoms with Gasteiger partial charge in [-0.05, 0) is 75.8 Å². The van der Waals surface area contributed by atoms with Crippen molar-refractivity contribution in [3.8, 4) is 0 Å². The molecule has 1 aromatic carbocycles. The Kier molecular flexibility index (Phi) is 11.3. The Morgan fingerprint density at radius 1 is 0.857 bits per heavy atom. The van der Waals surface area contributed by atoms with E-state index in [2.05, 4.69) is 41.2 Å². The fourth-order valence-corrected chi connectivity index (χ4v) is 2.60. The van der Waals surface area contributed by atoms with E-state index >= 15 is 0 Å². The summed E-state index contributed by atoms with van der Waals surface area (Å²) in [5.74, 6) is 0. The molecule has 0 heterocycles. The average molecular weight is 310 g/mol. The molecule has 0 unspecified atom stereocenters. The molecule has 0 bridgehead atoms. The van der Waals surface area contributed by atoms with Gasteiger partial charge in [-0.15, -0.1) is 11.8 Å². The summed E-state index contributed by atoms with van der Waals surface area (Å²) in [6, 6.07) is 8.67. The Morgan fingerprint density at radius 2 is 1.48 bits per heavy atom. The first-order valence-electron chi connectivity index (χ1n) is 8.15. The van der Waals surface area contributed by atoms with Crippen molar-refractivity contribution in [3.05, 3.63) is 24.3 Å². The van der Waals surface area contributed by atoms with Crippen LogP contribution in [0.2, 0.25) is 0 Å². The minimum Gasteiger partial charge on any atom is -0.385 e. The van der Waals surface area contributed by atoms with Crippen molar-refractivity contribution in [2.24, 2.45) is 5.73 Å². The van der Waals surface area contributed by atoms with Gasteiger partial charge in [0.05, 0.1) is 0 Å². The molecule has 0 aliphatic carbocycles. The topological polar surface area (TPSA) is 50.1 Å². The van der Waals surface area contributed by atoms with Crippen LogP contribution in [-0.2, 0) is 0 Å². The number of unbranched alkanes of at least 4 members (excludes halogenated alkanes) is 4. The van der Waals surface area contributed by atoms with Gasteiger partial charge in [-0.2, -0.15) is 0 Å². The molecule has 120 valence electrons. The average Bonchev–Trinajstić information content (AvgIpc) is 2.53. The number of hydrogen-bond donors (Lipinski definition) is 3. The van der Waals surface area contributed by atoms with Crippen LogP contribution in [-0.4, -0.2) is 32.4 Å². The van der Waals surface area contributed by atoms with Gasteiger partial charge in [0.2, 0.25) is 0 Å². The van der Waals surface area contributed by atoms with E-state index in [-0.39, 0.29) is 0 Å². The largest absolute Gasteiger partial charge is 0.385 e. The van der Waals surface area contributed by atoms with Crippen LogP contribution in [0.3, 0.4) is 0 Å². The summed E-state index contributed by atoms with van der Waals surface area (Å²) in [4.78, 5) is 1.32. The number of nitrogens with one attached hydrogen (secondary N) is 2. The van der Waals surface area contributed by atoms with Gasteiger partial charge in [0, 0.05) is 17.1 Å².